The number of likely N-dealkylation sites (N-methyl/N-ethyl adjacent to an activating group) is 1. The van der Waals surface area contributed by atoms with Crippen LogP contribution in [0.25, 0.3) is 0 Å². The molecule has 0 aromatic rings. The second kappa shape index (κ2) is 6.11. The van der Waals surface area contributed by atoms with Crippen molar-refractivity contribution in [3.63, 3.8) is 0 Å². The van der Waals surface area contributed by atoms with Crippen molar-refractivity contribution in [3.05, 3.63) is 0 Å². The fraction of sp³-hybridized carbons (Fsp3) is 0.769. The molecule has 0 aromatic carbocycles. The van der Waals surface area contributed by atoms with E-state index in [0.717, 1.165) is 6.42 Å². The van der Waals surface area contributed by atoms with Gasteiger partial charge in [-0.15, -0.1) is 0 Å². The lowest BCUT2D eigenvalue weighted by molar-refractivity contribution is -0.137. The Morgan fingerprint density at radius 2 is 1.95 bits per heavy atom. The van der Waals surface area contributed by atoms with Crippen LogP contribution in [0, 0.1) is 0 Å². The van der Waals surface area contributed by atoms with Crippen molar-refractivity contribution in [2.24, 2.45) is 5.73 Å². The van der Waals surface area contributed by atoms with Crippen molar-refractivity contribution < 1.29 is 19.1 Å². The standard InChI is InChI=1S/C13H23N3O4/c1-13(2,3)20-12(19)16-7-5-6-9(16)11(18)15(4)8-10(14)17/h9H,5-8H2,1-4H3,(H2,14,17)/t9-/m0/s1. The third-order valence-electron chi connectivity index (χ3n) is 2.94. The molecule has 1 atom stereocenters. The third-order valence-corrected chi connectivity index (χ3v) is 2.94. The minimum atomic E-state index is -0.605. The number of likely N-dealkylation sites (tertiary alicyclic amines) is 1. The van der Waals surface area contributed by atoms with E-state index in [-0.39, 0.29) is 12.5 Å². The highest BCUT2D eigenvalue weighted by atomic mass is 16.6. The Bertz CT molecular complexity index is 403. The van der Waals surface area contributed by atoms with Gasteiger partial charge in [0.15, 0.2) is 0 Å². The summed E-state index contributed by atoms with van der Waals surface area (Å²) in [7, 11) is 1.50. The highest BCUT2D eigenvalue weighted by Crippen LogP contribution is 2.22. The van der Waals surface area contributed by atoms with Crippen molar-refractivity contribution in [1.29, 1.82) is 0 Å². The largest absolute Gasteiger partial charge is 0.444 e. The second-order valence-electron chi connectivity index (χ2n) is 5.99. The molecule has 2 N–H and O–H groups in total. The van der Waals surface area contributed by atoms with E-state index >= 15 is 0 Å². The first-order valence-corrected chi connectivity index (χ1v) is 6.64. The molecule has 0 aliphatic carbocycles. The lowest BCUT2D eigenvalue weighted by Crippen LogP contribution is -2.49. The van der Waals surface area contributed by atoms with Crippen molar-refractivity contribution in [1.82, 2.24) is 9.80 Å². The Labute approximate surface area is 119 Å². The van der Waals surface area contributed by atoms with Crippen LogP contribution in [0.5, 0.6) is 0 Å². The van der Waals surface area contributed by atoms with Gasteiger partial charge >= 0.3 is 6.09 Å². The molecule has 114 valence electrons. The molecule has 0 aromatic heterocycles. The average Bonchev–Trinajstić information content (AvgIpc) is 2.73. The first-order valence-electron chi connectivity index (χ1n) is 6.64. The van der Waals surface area contributed by atoms with Crippen LogP contribution in [0.15, 0.2) is 0 Å². The van der Waals surface area contributed by atoms with Gasteiger partial charge < -0.3 is 15.4 Å². The summed E-state index contributed by atoms with van der Waals surface area (Å²) in [5.41, 5.74) is 4.46. The van der Waals surface area contributed by atoms with E-state index < -0.39 is 23.6 Å². The van der Waals surface area contributed by atoms with Gasteiger partial charge in [0, 0.05) is 13.6 Å². The highest BCUT2D eigenvalue weighted by Gasteiger charge is 2.38. The molecule has 1 aliphatic rings. The molecular formula is C13H23N3O4. The topological polar surface area (TPSA) is 92.9 Å². The normalized spacial score (nSPS) is 18.8. The summed E-state index contributed by atoms with van der Waals surface area (Å²) in [6.45, 7) is 5.65. The van der Waals surface area contributed by atoms with Gasteiger partial charge in [-0.25, -0.2) is 4.79 Å². The van der Waals surface area contributed by atoms with Crippen molar-refractivity contribution in [2.45, 2.75) is 45.3 Å². The lowest BCUT2D eigenvalue weighted by atomic mass is 10.2. The van der Waals surface area contributed by atoms with E-state index in [0.29, 0.717) is 13.0 Å². The fourth-order valence-corrected chi connectivity index (χ4v) is 2.13. The number of carbonyl (C=O) groups excluding carboxylic acids is 3. The van der Waals surface area contributed by atoms with E-state index in [1.54, 1.807) is 20.8 Å². The smallest absolute Gasteiger partial charge is 0.410 e. The molecule has 0 unspecified atom stereocenters. The number of primary amides is 1. The lowest BCUT2D eigenvalue weighted by Gasteiger charge is -2.29. The van der Waals surface area contributed by atoms with Crippen LogP contribution in [-0.4, -0.2) is 59.5 Å². The summed E-state index contributed by atoms with van der Waals surface area (Å²) in [6.07, 6.45) is 0.808. The molecule has 20 heavy (non-hydrogen) atoms. The average molecular weight is 285 g/mol. The molecule has 1 saturated heterocycles. The van der Waals surface area contributed by atoms with E-state index in [1.807, 2.05) is 0 Å². The van der Waals surface area contributed by atoms with Gasteiger partial charge in [0.25, 0.3) is 0 Å². The number of hydrogen-bond donors (Lipinski definition) is 1. The third kappa shape index (κ3) is 4.40. The zero-order valence-electron chi connectivity index (χ0n) is 12.5. The zero-order chi connectivity index (χ0) is 15.5. The molecule has 1 fully saturated rings. The van der Waals surface area contributed by atoms with Crippen LogP contribution < -0.4 is 5.73 Å². The number of nitrogens with zero attached hydrogens (tertiary/aromatic N) is 2. The Kier molecular flexibility index (Phi) is 4.97. The molecule has 1 aliphatic heterocycles. The van der Waals surface area contributed by atoms with Gasteiger partial charge in [-0.3, -0.25) is 14.5 Å². The molecule has 3 amide bonds. The Morgan fingerprint density at radius 1 is 1.35 bits per heavy atom. The number of rotatable bonds is 3. The van der Waals surface area contributed by atoms with Crippen LogP contribution in [0.3, 0.4) is 0 Å². The SMILES string of the molecule is CN(CC(N)=O)C(=O)[C@@H]1CCCN1C(=O)OC(C)(C)C. The van der Waals surface area contributed by atoms with Crippen LogP contribution >= 0.6 is 0 Å². The highest BCUT2D eigenvalue weighted by molar-refractivity contribution is 5.89. The number of carbonyl (C=O) groups is 3. The summed E-state index contributed by atoms with van der Waals surface area (Å²) < 4.78 is 5.29. The molecular weight excluding hydrogens is 262 g/mol. The Balaban J connectivity index is 2.71. The maximum atomic E-state index is 12.2. The molecule has 7 nitrogen and oxygen atoms in total. The summed E-state index contributed by atoms with van der Waals surface area (Å²) in [6, 6.07) is -0.575. The minimum Gasteiger partial charge on any atom is -0.444 e. The van der Waals surface area contributed by atoms with Gasteiger partial charge in [0.2, 0.25) is 11.8 Å². The van der Waals surface area contributed by atoms with Crippen LogP contribution in [-0.2, 0) is 14.3 Å². The summed E-state index contributed by atoms with van der Waals surface area (Å²) >= 11 is 0. The summed E-state index contributed by atoms with van der Waals surface area (Å²) in [4.78, 5) is 37.8. The molecule has 1 rings (SSSR count). The van der Waals surface area contributed by atoms with Gasteiger partial charge in [-0.2, -0.15) is 0 Å². The Morgan fingerprint density at radius 3 is 2.45 bits per heavy atom. The monoisotopic (exact) mass is 285 g/mol. The van der Waals surface area contributed by atoms with Crippen LogP contribution in [0.2, 0.25) is 0 Å². The van der Waals surface area contributed by atoms with Crippen LogP contribution in [0.1, 0.15) is 33.6 Å². The molecule has 0 bridgehead atoms. The van der Waals surface area contributed by atoms with Crippen molar-refractivity contribution in [2.75, 3.05) is 20.1 Å². The van der Waals surface area contributed by atoms with Crippen molar-refractivity contribution in [3.8, 4) is 0 Å². The molecule has 7 heteroatoms. The fourth-order valence-electron chi connectivity index (χ4n) is 2.13. The van der Waals surface area contributed by atoms with E-state index in [1.165, 1.54) is 16.8 Å². The van der Waals surface area contributed by atoms with Gasteiger partial charge in [-0.05, 0) is 33.6 Å². The van der Waals surface area contributed by atoms with E-state index in [4.69, 9.17) is 10.5 Å². The van der Waals surface area contributed by atoms with E-state index in [2.05, 4.69) is 0 Å². The second-order valence-corrected chi connectivity index (χ2v) is 5.99. The minimum absolute atomic E-state index is 0.155. The summed E-state index contributed by atoms with van der Waals surface area (Å²) in [5.74, 6) is -0.866. The van der Waals surface area contributed by atoms with Crippen LogP contribution in [0.4, 0.5) is 4.79 Å². The maximum Gasteiger partial charge on any atom is 0.410 e. The quantitative estimate of drug-likeness (QED) is 0.808. The van der Waals surface area contributed by atoms with Crippen molar-refractivity contribution >= 4 is 17.9 Å². The van der Waals surface area contributed by atoms with Gasteiger partial charge in [0.1, 0.15) is 11.6 Å². The number of amides is 3. The predicted molar refractivity (Wildman–Crippen MR) is 72.8 cm³/mol. The molecule has 1 heterocycles. The number of nitrogens with two attached hydrogens (primary N) is 1. The molecule has 0 saturated carbocycles. The zero-order valence-corrected chi connectivity index (χ0v) is 12.5. The number of ether oxygens (including phenoxy) is 1. The maximum absolute atomic E-state index is 12.2. The molecule has 0 radical (unpaired) electrons. The first kappa shape index (κ1) is 16.3. The van der Waals surface area contributed by atoms with E-state index in [9.17, 15) is 14.4 Å². The first-order chi connectivity index (χ1) is 9.11. The summed E-state index contributed by atoms with van der Waals surface area (Å²) in [5, 5.41) is 0. The Hall–Kier alpha value is -1.79. The van der Waals surface area contributed by atoms with Gasteiger partial charge in [0.05, 0.1) is 6.54 Å². The number of hydrogen-bond acceptors (Lipinski definition) is 4. The molecule has 0 spiro atoms. The van der Waals surface area contributed by atoms with Gasteiger partial charge in [-0.1, -0.05) is 0 Å². The predicted octanol–water partition coefficient (Wildman–Crippen LogP) is 0.330.